The minimum Gasteiger partial charge on any atom is -0.369 e. The van der Waals surface area contributed by atoms with Crippen LogP contribution in [0.4, 0.5) is 10.6 Å². The number of carbonyl (C=O) groups excluding carboxylic acids is 2. The van der Waals surface area contributed by atoms with Crippen LogP contribution in [-0.2, 0) is 11.3 Å². The second kappa shape index (κ2) is 5.65. The first-order valence-corrected chi connectivity index (χ1v) is 7.63. The Hall–Kier alpha value is -2.22. The normalized spacial score (nSPS) is 14.8. The zero-order valence-corrected chi connectivity index (χ0v) is 12.4. The molecule has 0 saturated carbocycles. The van der Waals surface area contributed by atoms with Crippen molar-refractivity contribution in [2.45, 2.75) is 19.9 Å². The predicted octanol–water partition coefficient (Wildman–Crippen LogP) is 1.56. The van der Waals surface area contributed by atoms with Crippen LogP contribution in [0.15, 0.2) is 11.4 Å². The molecule has 2 aromatic rings. The third-order valence-electron chi connectivity index (χ3n) is 3.15. The minimum atomic E-state index is -0.391. The summed E-state index contributed by atoms with van der Waals surface area (Å²) in [6.07, 6.45) is 0.984. The van der Waals surface area contributed by atoms with Gasteiger partial charge < -0.3 is 10.6 Å². The van der Waals surface area contributed by atoms with Crippen LogP contribution in [0.25, 0.3) is 10.2 Å². The molecule has 0 bridgehead atoms. The SMILES string of the molecule is CCCNc1nc(CN2C(=O)CNC2=O)nc2sccc12. The van der Waals surface area contributed by atoms with E-state index in [1.54, 1.807) is 0 Å². The van der Waals surface area contributed by atoms with Crippen LogP contribution in [0.2, 0.25) is 0 Å². The quantitative estimate of drug-likeness (QED) is 0.819. The van der Waals surface area contributed by atoms with E-state index in [0.717, 1.165) is 33.9 Å². The van der Waals surface area contributed by atoms with Gasteiger partial charge in [-0.05, 0) is 17.9 Å². The first-order chi connectivity index (χ1) is 10.2. The van der Waals surface area contributed by atoms with Crippen LogP contribution >= 0.6 is 11.3 Å². The molecule has 1 saturated heterocycles. The fourth-order valence-corrected chi connectivity index (χ4v) is 2.89. The van der Waals surface area contributed by atoms with Gasteiger partial charge in [-0.15, -0.1) is 11.3 Å². The number of nitrogens with zero attached hydrogens (tertiary/aromatic N) is 3. The lowest BCUT2D eigenvalue weighted by Crippen LogP contribution is -2.31. The summed E-state index contributed by atoms with van der Waals surface area (Å²) in [6, 6.07) is 1.58. The third-order valence-corrected chi connectivity index (χ3v) is 3.96. The fourth-order valence-electron chi connectivity index (χ4n) is 2.11. The molecule has 21 heavy (non-hydrogen) atoms. The Morgan fingerprint density at radius 2 is 2.29 bits per heavy atom. The van der Waals surface area contributed by atoms with Crippen molar-refractivity contribution in [3.8, 4) is 0 Å². The largest absolute Gasteiger partial charge is 0.369 e. The summed E-state index contributed by atoms with van der Waals surface area (Å²) in [5, 5.41) is 8.67. The van der Waals surface area contributed by atoms with Crippen LogP contribution < -0.4 is 10.6 Å². The first-order valence-electron chi connectivity index (χ1n) is 6.75. The second-order valence-electron chi connectivity index (χ2n) is 4.69. The molecule has 3 heterocycles. The van der Waals surface area contributed by atoms with E-state index >= 15 is 0 Å². The van der Waals surface area contributed by atoms with Crippen LogP contribution in [0.5, 0.6) is 0 Å². The molecule has 3 rings (SSSR count). The van der Waals surface area contributed by atoms with Gasteiger partial charge in [0.1, 0.15) is 10.6 Å². The van der Waals surface area contributed by atoms with Crippen LogP contribution in [0.1, 0.15) is 19.2 Å². The number of hydrogen-bond acceptors (Lipinski definition) is 6. The Morgan fingerprint density at radius 3 is 3.00 bits per heavy atom. The van der Waals surface area contributed by atoms with E-state index in [0.29, 0.717) is 5.82 Å². The monoisotopic (exact) mass is 305 g/mol. The van der Waals surface area contributed by atoms with Crippen molar-refractivity contribution in [3.05, 3.63) is 17.3 Å². The Labute approximate surface area is 125 Å². The minimum absolute atomic E-state index is 0.0427. The number of nitrogens with one attached hydrogen (secondary N) is 2. The molecule has 1 aliphatic rings. The van der Waals surface area contributed by atoms with Crippen molar-refractivity contribution in [2.75, 3.05) is 18.4 Å². The van der Waals surface area contributed by atoms with Crippen molar-refractivity contribution in [1.29, 1.82) is 0 Å². The molecule has 2 aromatic heterocycles. The van der Waals surface area contributed by atoms with Crippen molar-refractivity contribution in [3.63, 3.8) is 0 Å². The Morgan fingerprint density at radius 1 is 1.43 bits per heavy atom. The van der Waals surface area contributed by atoms with Gasteiger partial charge in [0, 0.05) is 6.54 Å². The highest BCUT2D eigenvalue weighted by Crippen LogP contribution is 2.25. The highest BCUT2D eigenvalue weighted by atomic mass is 32.1. The van der Waals surface area contributed by atoms with Crippen LogP contribution in [-0.4, -0.2) is 39.9 Å². The molecule has 0 atom stereocenters. The summed E-state index contributed by atoms with van der Waals surface area (Å²) >= 11 is 1.51. The summed E-state index contributed by atoms with van der Waals surface area (Å²) in [5.74, 6) is 0.969. The lowest BCUT2D eigenvalue weighted by Gasteiger charge is -2.12. The van der Waals surface area contributed by atoms with Gasteiger partial charge in [0.2, 0.25) is 5.91 Å². The van der Waals surface area contributed by atoms with Gasteiger partial charge >= 0.3 is 6.03 Å². The van der Waals surface area contributed by atoms with Crippen molar-refractivity contribution in [1.82, 2.24) is 20.2 Å². The molecule has 1 aliphatic heterocycles. The maximum Gasteiger partial charge on any atom is 0.325 e. The van der Waals surface area contributed by atoms with E-state index in [1.807, 2.05) is 11.4 Å². The molecule has 0 radical (unpaired) electrons. The molecule has 0 unspecified atom stereocenters. The Kier molecular flexibility index (Phi) is 3.70. The average molecular weight is 305 g/mol. The molecule has 8 heteroatoms. The average Bonchev–Trinajstić information content (AvgIpc) is 3.06. The van der Waals surface area contributed by atoms with Gasteiger partial charge in [0.25, 0.3) is 0 Å². The second-order valence-corrected chi connectivity index (χ2v) is 5.59. The lowest BCUT2D eigenvalue weighted by molar-refractivity contribution is -0.125. The summed E-state index contributed by atoms with van der Waals surface area (Å²) < 4.78 is 0. The van der Waals surface area contributed by atoms with E-state index in [9.17, 15) is 9.59 Å². The fraction of sp³-hybridized carbons (Fsp3) is 0.385. The summed E-state index contributed by atoms with van der Waals surface area (Å²) in [5.41, 5.74) is 0. The smallest absolute Gasteiger partial charge is 0.325 e. The number of imide groups is 1. The van der Waals surface area contributed by atoms with E-state index in [1.165, 1.54) is 11.3 Å². The van der Waals surface area contributed by atoms with E-state index in [2.05, 4.69) is 27.5 Å². The van der Waals surface area contributed by atoms with E-state index in [-0.39, 0.29) is 19.0 Å². The molecule has 3 amide bonds. The maximum absolute atomic E-state index is 11.6. The van der Waals surface area contributed by atoms with Gasteiger partial charge in [0.15, 0.2) is 5.82 Å². The summed E-state index contributed by atoms with van der Waals surface area (Å²) in [4.78, 5) is 34.1. The molecule has 1 fully saturated rings. The predicted molar refractivity (Wildman–Crippen MR) is 80.1 cm³/mol. The lowest BCUT2D eigenvalue weighted by atomic mass is 10.3. The maximum atomic E-state index is 11.6. The standard InChI is InChI=1S/C13H15N5O2S/c1-2-4-14-11-8-3-5-21-12(8)17-9(16-11)7-18-10(19)6-15-13(18)20/h3,5H,2,4,6-7H2,1H3,(H,15,20)(H,14,16,17). The Bertz CT molecular complexity index is 683. The number of urea groups is 1. The molecule has 2 N–H and O–H groups in total. The number of aromatic nitrogens is 2. The van der Waals surface area contributed by atoms with Crippen molar-refractivity contribution < 1.29 is 9.59 Å². The van der Waals surface area contributed by atoms with Gasteiger partial charge in [-0.2, -0.15) is 0 Å². The molecule has 110 valence electrons. The number of anilines is 1. The van der Waals surface area contributed by atoms with E-state index < -0.39 is 6.03 Å². The first kappa shape index (κ1) is 13.7. The highest BCUT2D eigenvalue weighted by molar-refractivity contribution is 7.16. The highest BCUT2D eigenvalue weighted by Gasteiger charge is 2.29. The zero-order chi connectivity index (χ0) is 14.8. The van der Waals surface area contributed by atoms with Gasteiger partial charge in [-0.25, -0.2) is 14.8 Å². The molecule has 7 nitrogen and oxygen atoms in total. The molecular weight excluding hydrogens is 290 g/mol. The van der Waals surface area contributed by atoms with Crippen molar-refractivity contribution >= 4 is 39.3 Å². The van der Waals surface area contributed by atoms with Gasteiger partial charge in [-0.1, -0.05) is 6.92 Å². The van der Waals surface area contributed by atoms with Gasteiger partial charge in [-0.3, -0.25) is 9.69 Å². The number of fused-ring (bicyclic) bond motifs is 1. The summed E-state index contributed by atoms with van der Waals surface area (Å²) in [7, 11) is 0. The number of amides is 3. The van der Waals surface area contributed by atoms with Gasteiger partial charge in [0.05, 0.1) is 18.5 Å². The number of rotatable bonds is 5. The number of thiophene rings is 1. The van der Waals surface area contributed by atoms with Crippen LogP contribution in [0, 0.1) is 0 Å². The number of carbonyl (C=O) groups is 2. The van der Waals surface area contributed by atoms with E-state index in [4.69, 9.17) is 0 Å². The molecule has 0 aliphatic carbocycles. The van der Waals surface area contributed by atoms with Crippen molar-refractivity contribution in [2.24, 2.45) is 0 Å². The summed E-state index contributed by atoms with van der Waals surface area (Å²) in [6.45, 7) is 3.03. The molecule has 0 aromatic carbocycles. The van der Waals surface area contributed by atoms with Crippen LogP contribution in [0.3, 0.4) is 0 Å². The molecule has 0 spiro atoms. The zero-order valence-electron chi connectivity index (χ0n) is 11.5. The molecular formula is C13H15N5O2S. The third kappa shape index (κ3) is 2.66. The Balaban J connectivity index is 1.91. The number of hydrogen-bond donors (Lipinski definition) is 2. The topological polar surface area (TPSA) is 87.2 Å².